The molecule has 0 spiro atoms. The van der Waals surface area contributed by atoms with E-state index in [4.69, 9.17) is 11.7 Å². The molecule has 4 N–H and O–H groups in total. The Morgan fingerprint density at radius 3 is 2.50 bits per heavy atom. The predicted molar refractivity (Wildman–Crippen MR) is 59.9 cm³/mol. The van der Waals surface area contributed by atoms with Crippen LogP contribution in [0.2, 0.25) is 0 Å². The summed E-state index contributed by atoms with van der Waals surface area (Å²) in [5.74, 6) is 11.3. The van der Waals surface area contributed by atoms with Crippen molar-refractivity contribution in [3.8, 4) is 0 Å². The predicted octanol–water partition coefficient (Wildman–Crippen LogP) is 1.73. The van der Waals surface area contributed by atoms with Gasteiger partial charge in [-0.1, -0.05) is 44.6 Å². The first-order valence-corrected chi connectivity index (χ1v) is 5.22. The number of hydrogen-bond donors (Lipinski definition) is 2. The largest absolute Gasteiger partial charge is 0.255 e. The van der Waals surface area contributed by atoms with Gasteiger partial charge in [-0.3, -0.25) is 11.7 Å². The van der Waals surface area contributed by atoms with Crippen LogP contribution in [0.15, 0.2) is 23.8 Å². The maximum atomic E-state index is 5.64. The number of hydrazine groups is 2. The van der Waals surface area contributed by atoms with Crippen molar-refractivity contribution in [3.63, 3.8) is 0 Å². The third kappa shape index (κ3) is 2.05. The van der Waals surface area contributed by atoms with Crippen LogP contribution in [0.5, 0.6) is 0 Å². The minimum absolute atomic E-state index is 0.0591. The van der Waals surface area contributed by atoms with Crippen molar-refractivity contribution in [2.24, 2.45) is 17.1 Å². The minimum atomic E-state index is 0.0591. The molecule has 0 amide bonds. The fourth-order valence-electron chi connectivity index (χ4n) is 1.96. The van der Waals surface area contributed by atoms with Crippen molar-refractivity contribution in [1.82, 2.24) is 5.12 Å². The van der Waals surface area contributed by atoms with E-state index >= 15 is 0 Å². The van der Waals surface area contributed by atoms with Gasteiger partial charge in [0.25, 0.3) is 0 Å². The van der Waals surface area contributed by atoms with Crippen LogP contribution in [-0.4, -0.2) is 11.2 Å². The van der Waals surface area contributed by atoms with Gasteiger partial charge in [-0.15, -0.1) is 0 Å². The summed E-state index contributed by atoms with van der Waals surface area (Å²) in [5, 5.41) is 1.31. The summed E-state index contributed by atoms with van der Waals surface area (Å²) < 4.78 is 0. The Kier molecular flexibility index (Phi) is 3.48. The Morgan fingerprint density at radius 1 is 1.43 bits per heavy atom. The van der Waals surface area contributed by atoms with Crippen molar-refractivity contribution in [2.45, 2.75) is 39.7 Å². The zero-order valence-electron chi connectivity index (χ0n) is 9.33. The van der Waals surface area contributed by atoms with Gasteiger partial charge < -0.3 is 0 Å². The molecular formula is C11H21N3. The van der Waals surface area contributed by atoms with E-state index in [0.29, 0.717) is 0 Å². The second kappa shape index (κ2) is 4.26. The van der Waals surface area contributed by atoms with Gasteiger partial charge >= 0.3 is 0 Å². The molecule has 0 saturated carbocycles. The lowest BCUT2D eigenvalue weighted by Gasteiger charge is -2.38. The maximum absolute atomic E-state index is 5.64. The van der Waals surface area contributed by atoms with Crippen LogP contribution in [-0.2, 0) is 0 Å². The van der Waals surface area contributed by atoms with Gasteiger partial charge in [0.05, 0.1) is 6.04 Å². The molecule has 0 aromatic rings. The summed E-state index contributed by atoms with van der Waals surface area (Å²) >= 11 is 0. The standard InChI is InChI=1S/C11H21N3/c1-4-9-6-7-10(14(12)13)11(3,5-2)8-9/h6-8,10H,4-5,12-13H2,1-3H3. The average Bonchev–Trinajstić information content (AvgIpc) is 2.17. The summed E-state index contributed by atoms with van der Waals surface area (Å²) in [6, 6.07) is 0.0998. The lowest BCUT2D eigenvalue weighted by Crippen LogP contribution is -2.53. The van der Waals surface area contributed by atoms with Crippen LogP contribution < -0.4 is 11.7 Å². The lowest BCUT2D eigenvalue weighted by atomic mass is 9.75. The van der Waals surface area contributed by atoms with Crippen molar-refractivity contribution in [1.29, 1.82) is 0 Å². The first kappa shape index (κ1) is 11.4. The highest BCUT2D eigenvalue weighted by Gasteiger charge is 2.33. The van der Waals surface area contributed by atoms with Crippen molar-refractivity contribution in [3.05, 3.63) is 23.8 Å². The zero-order chi connectivity index (χ0) is 10.8. The van der Waals surface area contributed by atoms with Gasteiger partial charge in [-0.25, -0.2) is 0 Å². The molecule has 0 heterocycles. The van der Waals surface area contributed by atoms with Crippen LogP contribution in [0.4, 0.5) is 0 Å². The minimum Gasteiger partial charge on any atom is -0.255 e. The van der Waals surface area contributed by atoms with E-state index in [0.717, 1.165) is 12.8 Å². The monoisotopic (exact) mass is 195 g/mol. The lowest BCUT2D eigenvalue weighted by molar-refractivity contribution is 0.138. The topological polar surface area (TPSA) is 55.3 Å². The van der Waals surface area contributed by atoms with Gasteiger partial charge in [0.2, 0.25) is 0 Å². The van der Waals surface area contributed by atoms with E-state index in [9.17, 15) is 0 Å². The van der Waals surface area contributed by atoms with Gasteiger partial charge in [-0.05, 0) is 12.8 Å². The Morgan fingerprint density at radius 2 is 2.07 bits per heavy atom. The Labute approximate surface area is 86.4 Å². The molecule has 0 fully saturated rings. The van der Waals surface area contributed by atoms with E-state index in [1.807, 2.05) is 0 Å². The van der Waals surface area contributed by atoms with Crippen LogP contribution in [0.3, 0.4) is 0 Å². The molecule has 14 heavy (non-hydrogen) atoms. The fourth-order valence-corrected chi connectivity index (χ4v) is 1.96. The quantitative estimate of drug-likeness (QED) is 0.532. The molecule has 1 aliphatic rings. The molecule has 3 nitrogen and oxygen atoms in total. The normalized spacial score (nSPS) is 32.1. The second-order valence-electron chi connectivity index (χ2n) is 4.18. The highest BCUT2D eigenvalue weighted by Crippen LogP contribution is 2.35. The number of hydrogen-bond acceptors (Lipinski definition) is 3. The third-order valence-electron chi connectivity index (χ3n) is 3.17. The Balaban J connectivity index is 2.95. The molecule has 2 atom stereocenters. The Bertz CT molecular complexity index is 255. The summed E-state index contributed by atoms with van der Waals surface area (Å²) in [6.07, 6.45) is 8.62. The molecule has 0 bridgehead atoms. The highest BCUT2D eigenvalue weighted by molar-refractivity contribution is 5.30. The molecule has 2 unspecified atom stereocenters. The molecule has 0 radical (unpaired) electrons. The average molecular weight is 195 g/mol. The van der Waals surface area contributed by atoms with Crippen molar-refractivity contribution < 1.29 is 0 Å². The number of nitrogens with two attached hydrogens (primary N) is 2. The highest BCUT2D eigenvalue weighted by atomic mass is 15.6. The van der Waals surface area contributed by atoms with Gasteiger partial charge in [0, 0.05) is 5.41 Å². The fraction of sp³-hybridized carbons (Fsp3) is 0.636. The first-order chi connectivity index (χ1) is 6.53. The molecule has 0 aromatic heterocycles. The Hall–Kier alpha value is -0.640. The molecule has 0 aliphatic heterocycles. The van der Waals surface area contributed by atoms with Gasteiger partial charge in [-0.2, -0.15) is 5.12 Å². The van der Waals surface area contributed by atoms with Gasteiger partial charge in [0.1, 0.15) is 0 Å². The number of nitrogens with zero attached hydrogens (tertiary/aromatic N) is 1. The maximum Gasteiger partial charge on any atom is 0.0666 e. The summed E-state index contributed by atoms with van der Waals surface area (Å²) in [5.41, 5.74) is 1.43. The summed E-state index contributed by atoms with van der Waals surface area (Å²) in [6.45, 7) is 6.53. The van der Waals surface area contributed by atoms with Crippen LogP contribution in [0.25, 0.3) is 0 Å². The number of allylic oxidation sites excluding steroid dienone is 2. The van der Waals surface area contributed by atoms with E-state index < -0.39 is 0 Å². The van der Waals surface area contributed by atoms with Crippen LogP contribution in [0, 0.1) is 5.41 Å². The molecule has 1 aliphatic carbocycles. The van der Waals surface area contributed by atoms with Crippen molar-refractivity contribution in [2.75, 3.05) is 0 Å². The molecule has 1 rings (SSSR count). The molecule has 80 valence electrons. The smallest absolute Gasteiger partial charge is 0.0666 e. The van der Waals surface area contributed by atoms with Crippen LogP contribution >= 0.6 is 0 Å². The summed E-state index contributed by atoms with van der Waals surface area (Å²) in [7, 11) is 0. The third-order valence-corrected chi connectivity index (χ3v) is 3.17. The summed E-state index contributed by atoms with van der Waals surface area (Å²) in [4.78, 5) is 0. The first-order valence-electron chi connectivity index (χ1n) is 5.22. The van der Waals surface area contributed by atoms with Gasteiger partial charge in [0.15, 0.2) is 0 Å². The molecular weight excluding hydrogens is 174 g/mol. The van der Waals surface area contributed by atoms with E-state index in [-0.39, 0.29) is 11.5 Å². The van der Waals surface area contributed by atoms with Crippen LogP contribution in [0.1, 0.15) is 33.6 Å². The van der Waals surface area contributed by atoms with E-state index in [1.54, 1.807) is 0 Å². The van der Waals surface area contributed by atoms with Crippen molar-refractivity contribution >= 4 is 0 Å². The SMILES string of the molecule is CCC1=CC(C)(CC)C(N(N)N)C=C1. The van der Waals surface area contributed by atoms with E-state index in [2.05, 4.69) is 39.0 Å². The molecule has 3 heteroatoms. The molecule has 0 aromatic carbocycles. The second-order valence-corrected chi connectivity index (χ2v) is 4.18. The van der Waals surface area contributed by atoms with E-state index in [1.165, 1.54) is 10.7 Å². The molecule has 0 saturated heterocycles. The zero-order valence-corrected chi connectivity index (χ0v) is 9.33. The number of rotatable bonds is 3.